The molecule has 0 aliphatic rings. The molecule has 3 heteroatoms. The third kappa shape index (κ3) is 5.67. The summed E-state index contributed by atoms with van der Waals surface area (Å²) < 4.78 is 9.15. The maximum absolute atomic E-state index is 6.71. The number of anilines is 3. The van der Waals surface area contributed by atoms with Crippen LogP contribution in [0.4, 0.5) is 17.1 Å². The topological polar surface area (TPSA) is 21.3 Å². The maximum atomic E-state index is 6.71. The van der Waals surface area contributed by atoms with Crippen LogP contribution in [0.3, 0.4) is 0 Å². The highest BCUT2D eigenvalue weighted by Crippen LogP contribution is 2.45. The molecule has 0 spiro atoms. The molecule has 0 aliphatic heterocycles. The van der Waals surface area contributed by atoms with Gasteiger partial charge in [-0.15, -0.1) is 0 Å². The van der Waals surface area contributed by atoms with Crippen LogP contribution in [0.5, 0.6) is 0 Å². The third-order valence-electron chi connectivity index (χ3n) is 12.9. The molecule has 3 nitrogen and oxygen atoms in total. The monoisotopic (exact) mass is 802 g/mol. The van der Waals surface area contributed by atoms with Crippen LogP contribution >= 0.6 is 0 Å². The van der Waals surface area contributed by atoms with Crippen LogP contribution in [0, 0.1) is 0 Å². The second-order valence-electron chi connectivity index (χ2n) is 16.5. The van der Waals surface area contributed by atoms with Crippen molar-refractivity contribution < 1.29 is 4.42 Å². The molecule has 0 aliphatic carbocycles. The lowest BCUT2D eigenvalue weighted by Gasteiger charge is -2.26. The second-order valence-corrected chi connectivity index (χ2v) is 16.5. The van der Waals surface area contributed by atoms with E-state index in [1.54, 1.807) is 0 Å². The molecule has 0 fully saturated rings. The lowest BCUT2D eigenvalue weighted by atomic mass is 10.00. The van der Waals surface area contributed by atoms with E-state index in [0.717, 1.165) is 61.0 Å². The van der Waals surface area contributed by atoms with E-state index >= 15 is 0 Å². The van der Waals surface area contributed by atoms with E-state index in [-0.39, 0.29) is 0 Å². The second kappa shape index (κ2) is 14.1. The molecule has 13 rings (SSSR count). The summed E-state index contributed by atoms with van der Waals surface area (Å²) in [6, 6.07) is 83.5. The first-order valence-corrected chi connectivity index (χ1v) is 21.6. The van der Waals surface area contributed by atoms with Crippen LogP contribution < -0.4 is 4.90 Å². The van der Waals surface area contributed by atoms with Gasteiger partial charge < -0.3 is 13.9 Å². The molecular weight excluding hydrogens is 765 g/mol. The largest absolute Gasteiger partial charge is 0.455 e. The van der Waals surface area contributed by atoms with Gasteiger partial charge in [0.05, 0.1) is 22.1 Å². The van der Waals surface area contributed by atoms with Gasteiger partial charge in [-0.25, -0.2) is 0 Å². The molecule has 0 amide bonds. The van der Waals surface area contributed by atoms with Crippen LogP contribution in [0.25, 0.3) is 104 Å². The van der Waals surface area contributed by atoms with E-state index < -0.39 is 0 Å². The van der Waals surface area contributed by atoms with Crippen molar-refractivity contribution in [3.63, 3.8) is 0 Å². The van der Waals surface area contributed by atoms with Gasteiger partial charge in [0.25, 0.3) is 0 Å². The molecule has 2 aromatic heterocycles. The molecule has 0 radical (unpaired) electrons. The van der Waals surface area contributed by atoms with Crippen LogP contribution in [-0.2, 0) is 0 Å². The number of aromatic nitrogens is 1. The Labute approximate surface area is 363 Å². The molecule has 11 aromatic carbocycles. The minimum absolute atomic E-state index is 0.864. The van der Waals surface area contributed by atoms with Crippen LogP contribution in [-0.4, -0.2) is 4.57 Å². The van der Waals surface area contributed by atoms with E-state index in [1.165, 1.54) is 60.0 Å². The van der Waals surface area contributed by atoms with Crippen molar-refractivity contribution in [1.29, 1.82) is 0 Å². The summed E-state index contributed by atoms with van der Waals surface area (Å²) >= 11 is 0. The summed E-state index contributed by atoms with van der Waals surface area (Å²) in [7, 11) is 0. The van der Waals surface area contributed by atoms with E-state index in [4.69, 9.17) is 4.42 Å². The molecule has 0 N–H and O–H groups in total. The highest BCUT2D eigenvalue weighted by Gasteiger charge is 2.21. The van der Waals surface area contributed by atoms with Crippen molar-refractivity contribution >= 4 is 93.1 Å². The number of hydrogen-bond acceptors (Lipinski definition) is 2. The van der Waals surface area contributed by atoms with Crippen LogP contribution in [0.15, 0.2) is 235 Å². The van der Waals surface area contributed by atoms with Crippen molar-refractivity contribution in [2.75, 3.05) is 4.90 Å². The summed E-state index contributed by atoms with van der Waals surface area (Å²) in [4.78, 5) is 2.38. The van der Waals surface area contributed by atoms with Gasteiger partial charge in [0.2, 0.25) is 0 Å². The van der Waals surface area contributed by atoms with E-state index in [1.807, 2.05) is 0 Å². The van der Waals surface area contributed by atoms with Gasteiger partial charge in [-0.3, -0.25) is 0 Å². The van der Waals surface area contributed by atoms with E-state index in [0.29, 0.717) is 0 Å². The SMILES string of the molecule is c1ccc(-n2c3cc(-c4ccc(N(c5ccc(-c6ccc7ccccc7c6)cc5)c5cccc6oc7c8ccccc8ccc7c56)cc4)ccc3c3ccc4ccccc4c32)cc1. The van der Waals surface area contributed by atoms with E-state index in [9.17, 15) is 0 Å². The summed E-state index contributed by atoms with van der Waals surface area (Å²) in [5.74, 6) is 0. The third-order valence-corrected chi connectivity index (χ3v) is 12.9. The molecule has 0 saturated carbocycles. The van der Waals surface area contributed by atoms with Gasteiger partial charge in [0.15, 0.2) is 0 Å². The number of hydrogen-bond donors (Lipinski definition) is 0. The Morgan fingerprint density at radius 3 is 1.65 bits per heavy atom. The molecule has 13 aromatic rings. The summed E-state index contributed by atoms with van der Waals surface area (Å²) in [6.07, 6.45) is 0. The molecule has 294 valence electrons. The summed E-state index contributed by atoms with van der Waals surface area (Å²) in [5.41, 5.74) is 13.2. The minimum Gasteiger partial charge on any atom is -0.455 e. The predicted octanol–water partition coefficient (Wildman–Crippen LogP) is 16.9. The molecule has 0 bridgehead atoms. The quantitative estimate of drug-likeness (QED) is 0.167. The number of benzene rings is 11. The fourth-order valence-corrected chi connectivity index (χ4v) is 9.93. The number of furan rings is 1. The van der Waals surface area contributed by atoms with Crippen molar-refractivity contribution in [2.45, 2.75) is 0 Å². The number of fused-ring (bicyclic) bond motifs is 11. The van der Waals surface area contributed by atoms with E-state index in [2.05, 4.69) is 240 Å². The normalized spacial score (nSPS) is 11.8. The highest BCUT2D eigenvalue weighted by atomic mass is 16.3. The van der Waals surface area contributed by atoms with Crippen LogP contribution in [0.1, 0.15) is 0 Å². The molecule has 63 heavy (non-hydrogen) atoms. The Morgan fingerprint density at radius 2 is 0.905 bits per heavy atom. The maximum Gasteiger partial charge on any atom is 0.143 e. The lowest BCUT2D eigenvalue weighted by molar-refractivity contribution is 0.672. The fourth-order valence-electron chi connectivity index (χ4n) is 9.93. The molecule has 2 heterocycles. The molecule has 0 unspecified atom stereocenters. The van der Waals surface area contributed by atoms with Gasteiger partial charge in [-0.1, -0.05) is 164 Å². The molecule has 0 saturated heterocycles. The summed E-state index contributed by atoms with van der Waals surface area (Å²) in [5, 5.41) is 11.9. The minimum atomic E-state index is 0.864. The van der Waals surface area contributed by atoms with Crippen LogP contribution in [0.2, 0.25) is 0 Å². The van der Waals surface area contributed by atoms with Crippen molar-refractivity contribution in [2.24, 2.45) is 0 Å². The van der Waals surface area contributed by atoms with Crippen molar-refractivity contribution in [3.05, 3.63) is 231 Å². The van der Waals surface area contributed by atoms with Gasteiger partial charge in [-0.2, -0.15) is 0 Å². The zero-order valence-corrected chi connectivity index (χ0v) is 34.2. The first kappa shape index (κ1) is 35.4. The Morgan fingerprint density at radius 1 is 0.349 bits per heavy atom. The van der Waals surface area contributed by atoms with Crippen molar-refractivity contribution in [1.82, 2.24) is 4.57 Å². The van der Waals surface area contributed by atoms with Gasteiger partial charge in [0, 0.05) is 44.0 Å². The smallest absolute Gasteiger partial charge is 0.143 e. The zero-order valence-electron chi connectivity index (χ0n) is 34.2. The van der Waals surface area contributed by atoms with Gasteiger partial charge >= 0.3 is 0 Å². The first-order chi connectivity index (χ1) is 31.2. The lowest BCUT2D eigenvalue weighted by Crippen LogP contribution is -2.10. The van der Waals surface area contributed by atoms with Gasteiger partial charge in [0.1, 0.15) is 11.2 Å². The highest BCUT2D eigenvalue weighted by molar-refractivity contribution is 6.20. The zero-order chi connectivity index (χ0) is 41.4. The van der Waals surface area contributed by atoms with Gasteiger partial charge in [-0.05, 0) is 111 Å². The summed E-state index contributed by atoms with van der Waals surface area (Å²) in [6.45, 7) is 0. The Bertz CT molecular complexity index is 3900. The van der Waals surface area contributed by atoms with Crippen molar-refractivity contribution in [3.8, 4) is 27.9 Å². The molecule has 0 atom stereocenters. The Hall–Kier alpha value is -8.40. The number of rotatable bonds is 6. The predicted molar refractivity (Wildman–Crippen MR) is 266 cm³/mol. The average molecular weight is 803 g/mol. The molecular formula is C60H38N2O. The first-order valence-electron chi connectivity index (χ1n) is 21.6. The number of nitrogens with zero attached hydrogens (tertiary/aromatic N) is 2. The Kier molecular flexibility index (Phi) is 7.91. The Balaban J connectivity index is 0.965. The average Bonchev–Trinajstić information content (AvgIpc) is 3.91. The standard InChI is InChI=1S/C60H38N2O/c1-2-15-47(16-3-1)62-56-38-46(29-34-52(56)53-35-27-42-12-6-8-17-50(42)59(53)62)41-25-32-49(33-26-41)61(48-30-23-40(24-31-48)45-22-21-39-11-4-5-14-44(39)37-45)55-19-10-20-57-58(55)54-36-28-43-13-7-9-18-51(43)60(54)63-57/h1-38H. The fraction of sp³-hybridized carbons (Fsp3) is 0. The number of para-hydroxylation sites is 1.